The lowest BCUT2D eigenvalue weighted by Crippen LogP contribution is -2.50. The lowest BCUT2D eigenvalue weighted by Gasteiger charge is -2.36. The molecule has 2 aliphatic heterocycles. The van der Waals surface area contributed by atoms with Gasteiger partial charge in [-0.3, -0.25) is 9.89 Å². The lowest BCUT2D eigenvalue weighted by atomic mass is 10.1. The summed E-state index contributed by atoms with van der Waals surface area (Å²) in [7, 11) is 0. The van der Waals surface area contributed by atoms with E-state index in [2.05, 4.69) is 52.4 Å². The van der Waals surface area contributed by atoms with E-state index in [1.165, 1.54) is 5.56 Å². The molecule has 0 saturated carbocycles. The van der Waals surface area contributed by atoms with Crippen LogP contribution in [0.3, 0.4) is 0 Å². The molecule has 32 heavy (non-hydrogen) atoms. The van der Waals surface area contributed by atoms with Crippen LogP contribution in [0, 0.1) is 0 Å². The molecule has 0 aliphatic carbocycles. The molecule has 2 aromatic rings. The molecule has 0 spiro atoms. The average molecular weight is 550 g/mol. The molecule has 0 radical (unpaired) electrons. The van der Waals surface area contributed by atoms with Crippen molar-refractivity contribution in [2.24, 2.45) is 4.99 Å². The van der Waals surface area contributed by atoms with Gasteiger partial charge < -0.3 is 20.1 Å². The van der Waals surface area contributed by atoms with Crippen LogP contribution in [-0.4, -0.2) is 78.4 Å². The first-order valence-corrected chi connectivity index (χ1v) is 11.4. The summed E-state index contributed by atoms with van der Waals surface area (Å²) >= 11 is 0. The van der Waals surface area contributed by atoms with Crippen molar-refractivity contribution < 1.29 is 9.84 Å². The van der Waals surface area contributed by atoms with Crippen LogP contribution in [0.15, 0.2) is 65.7 Å². The Morgan fingerprint density at radius 2 is 1.78 bits per heavy atom. The second kappa shape index (κ2) is 12.5. The third-order valence-corrected chi connectivity index (χ3v) is 6.05. The van der Waals surface area contributed by atoms with E-state index in [4.69, 9.17) is 9.73 Å². The minimum atomic E-state index is -0.494. The van der Waals surface area contributed by atoms with Crippen molar-refractivity contribution in [3.63, 3.8) is 0 Å². The summed E-state index contributed by atoms with van der Waals surface area (Å²) in [4.78, 5) is 9.59. The van der Waals surface area contributed by atoms with E-state index in [-0.39, 0.29) is 30.1 Å². The molecule has 2 fully saturated rings. The van der Waals surface area contributed by atoms with E-state index in [0.717, 1.165) is 50.9 Å². The number of rotatable bonds is 7. The number of aliphatic imine (C=N–C) groups is 1. The zero-order valence-corrected chi connectivity index (χ0v) is 21.1. The van der Waals surface area contributed by atoms with Gasteiger partial charge in [0.15, 0.2) is 5.96 Å². The van der Waals surface area contributed by atoms with Gasteiger partial charge in [0.1, 0.15) is 0 Å². The Kier molecular flexibility index (Phi) is 9.77. The molecule has 2 N–H and O–H groups in total. The SMILES string of the molecule is CCNC(=NCC(O)Cc1ccccc1)N1CC2OCCN(Cc3ccccc3)C2C1.I. The number of benzene rings is 2. The van der Waals surface area contributed by atoms with Crippen molar-refractivity contribution in [3.05, 3.63) is 71.8 Å². The number of guanidine groups is 1. The number of halogens is 1. The summed E-state index contributed by atoms with van der Waals surface area (Å²) in [6.45, 7) is 7.65. The molecule has 2 aliphatic rings. The fourth-order valence-corrected chi connectivity index (χ4v) is 4.51. The van der Waals surface area contributed by atoms with Gasteiger partial charge in [-0.1, -0.05) is 60.7 Å². The van der Waals surface area contributed by atoms with E-state index in [1.54, 1.807) is 0 Å². The van der Waals surface area contributed by atoms with Gasteiger partial charge in [-0.05, 0) is 18.1 Å². The second-order valence-electron chi connectivity index (χ2n) is 8.38. The van der Waals surface area contributed by atoms with Gasteiger partial charge in [0.05, 0.1) is 31.4 Å². The number of aliphatic hydroxyl groups is 1. The van der Waals surface area contributed by atoms with Gasteiger partial charge in [0, 0.05) is 39.1 Å². The third-order valence-electron chi connectivity index (χ3n) is 6.05. The topological polar surface area (TPSA) is 60.3 Å². The summed E-state index contributed by atoms with van der Waals surface area (Å²) in [6.07, 6.45) is 0.311. The van der Waals surface area contributed by atoms with Gasteiger partial charge >= 0.3 is 0 Å². The number of hydrogen-bond donors (Lipinski definition) is 2. The Morgan fingerprint density at radius 3 is 2.47 bits per heavy atom. The molecule has 2 heterocycles. The maximum Gasteiger partial charge on any atom is 0.194 e. The fourth-order valence-electron chi connectivity index (χ4n) is 4.51. The number of likely N-dealkylation sites (tertiary alicyclic amines) is 1. The van der Waals surface area contributed by atoms with Crippen LogP contribution >= 0.6 is 24.0 Å². The number of morpholine rings is 1. The second-order valence-corrected chi connectivity index (χ2v) is 8.38. The summed E-state index contributed by atoms with van der Waals surface area (Å²) in [5.41, 5.74) is 2.47. The average Bonchev–Trinajstić information content (AvgIpc) is 3.23. The molecule has 7 heteroatoms. The molecule has 3 atom stereocenters. The van der Waals surface area contributed by atoms with Crippen molar-refractivity contribution in [3.8, 4) is 0 Å². The minimum absolute atomic E-state index is 0. The number of aliphatic hydroxyl groups excluding tert-OH is 1. The minimum Gasteiger partial charge on any atom is -0.391 e. The van der Waals surface area contributed by atoms with Gasteiger partial charge in [-0.25, -0.2) is 0 Å². The van der Waals surface area contributed by atoms with Crippen LogP contribution in [0.1, 0.15) is 18.1 Å². The monoisotopic (exact) mass is 550 g/mol. The summed E-state index contributed by atoms with van der Waals surface area (Å²) in [5, 5.41) is 13.9. The summed E-state index contributed by atoms with van der Waals surface area (Å²) in [5.74, 6) is 0.868. The van der Waals surface area contributed by atoms with Crippen molar-refractivity contribution >= 4 is 29.9 Å². The quantitative estimate of drug-likeness (QED) is 0.316. The number of nitrogens with zero attached hydrogens (tertiary/aromatic N) is 3. The Morgan fingerprint density at radius 1 is 1.09 bits per heavy atom. The Labute approximate surface area is 208 Å². The zero-order chi connectivity index (χ0) is 21.5. The first kappa shape index (κ1) is 25.0. The van der Waals surface area contributed by atoms with Crippen LogP contribution in [0.2, 0.25) is 0 Å². The maximum atomic E-state index is 10.5. The van der Waals surface area contributed by atoms with Crippen LogP contribution < -0.4 is 5.32 Å². The van der Waals surface area contributed by atoms with Crippen LogP contribution in [0.5, 0.6) is 0 Å². The highest BCUT2D eigenvalue weighted by atomic mass is 127. The molecule has 0 bridgehead atoms. The highest BCUT2D eigenvalue weighted by Crippen LogP contribution is 2.24. The zero-order valence-electron chi connectivity index (χ0n) is 18.8. The van der Waals surface area contributed by atoms with E-state index in [0.29, 0.717) is 19.0 Å². The van der Waals surface area contributed by atoms with Crippen molar-refractivity contribution in [1.82, 2.24) is 15.1 Å². The molecular formula is C25H35IN4O2. The van der Waals surface area contributed by atoms with E-state index in [9.17, 15) is 5.11 Å². The summed E-state index contributed by atoms with van der Waals surface area (Å²) in [6, 6.07) is 21.1. The highest BCUT2D eigenvalue weighted by Gasteiger charge is 2.41. The molecule has 6 nitrogen and oxygen atoms in total. The van der Waals surface area contributed by atoms with E-state index < -0.39 is 6.10 Å². The van der Waals surface area contributed by atoms with Gasteiger partial charge in [0.2, 0.25) is 0 Å². The number of fused-ring (bicyclic) bond motifs is 1. The molecule has 0 amide bonds. The van der Waals surface area contributed by atoms with Crippen molar-refractivity contribution in [2.45, 2.75) is 38.1 Å². The van der Waals surface area contributed by atoms with Crippen molar-refractivity contribution in [1.29, 1.82) is 0 Å². The Hall–Kier alpha value is -1.68. The standard InChI is InChI=1S/C25H34N4O2.HI/c1-2-26-25(27-16-22(30)15-20-9-5-3-6-10-20)29-18-23-24(19-29)31-14-13-28(23)17-21-11-7-4-8-12-21;/h3-12,22-24,30H,2,13-19H2,1H3,(H,26,27);1H. The molecule has 0 aromatic heterocycles. The Balaban J connectivity index is 0.00000289. The third kappa shape index (κ3) is 6.66. The maximum absolute atomic E-state index is 10.5. The number of ether oxygens (including phenoxy) is 1. The predicted octanol–water partition coefficient (Wildman–Crippen LogP) is 2.76. The molecular weight excluding hydrogens is 515 g/mol. The molecule has 174 valence electrons. The van der Waals surface area contributed by atoms with E-state index >= 15 is 0 Å². The van der Waals surface area contributed by atoms with Crippen LogP contribution in [0.4, 0.5) is 0 Å². The van der Waals surface area contributed by atoms with Gasteiger partial charge in [-0.2, -0.15) is 0 Å². The van der Waals surface area contributed by atoms with Crippen LogP contribution in [0.25, 0.3) is 0 Å². The highest BCUT2D eigenvalue weighted by molar-refractivity contribution is 14.0. The molecule has 2 aromatic carbocycles. The van der Waals surface area contributed by atoms with Crippen LogP contribution in [-0.2, 0) is 17.7 Å². The summed E-state index contributed by atoms with van der Waals surface area (Å²) < 4.78 is 6.12. The van der Waals surface area contributed by atoms with Crippen molar-refractivity contribution in [2.75, 3.05) is 39.3 Å². The molecule has 3 unspecified atom stereocenters. The first-order chi connectivity index (χ1) is 15.2. The van der Waals surface area contributed by atoms with E-state index in [1.807, 2.05) is 30.3 Å². The Bertz CT molecular complexity index is 836. The predicted molar refractivity (Wildman–Crippen MR) is 139 cm³/mol. The van der Waals surface area contributed by atoms with Gasteiger partial charge in [0.25, 0.3) is 0 Å². The lowest BCUT2D eigenvalue weighted by molar-refractivity contribution is -0.0502. The smallest absolute Gasteiger partial charge is 0.194 e. The number of hydrogen-bond acceptors (Lipinski definition) is 4. The van der Waals surface area contributed by atoms with Gasteiger partial charge in [-0.15, -0.1) is 24.0 Å². The molecule has 2 saturated heterocycles. The normalized spacial score (nSPS) is 22.2. The first-order valence-electron chi connectivity index (χ1n) is 11.4. The number of nitrogens with one attached hydrogen (secondary N) is 1. The largest absolute Gasteiger partial charge is 0.391 e. The fraction of sp³-hybridized carbons (Fsp3) is 0.480. The molecule has 4 rings (SSSR count).